The fourth-order valence-corrected chi connectivity index (χ4v) is 2.75. The van der Waals surface area contributed by atoms with Gasteiger partial charge in [0.2, 0.25) is 5.91 Å². The molecule has 0 aliphatic carbocycles. The zero-order valence-corrected chi connectivity index (χ0v) is 14.6. The van der Waals surface area contributed by atoms with E-state index in [9.17, 15) is 9.59 Å². The molecule has 0 unspecified atom stereocenters. The van der Waals surface area contributed by atoms with E-state index in [1.165, 1.54) is 6.92 Å². The van der Waals surface area contributed by atoms with Crippen LogP contribution in [0.1, 0.15) is 17.3 Å². The molecule has 0 atom stereocenters. The van der Waals surface area contributed by atoms with E-state index in [1.54, 1.807) is 29.2 Å². The number of benzene rings is 2. The minimum atomic E-state index is -0.192. The lowest BCUT2D eigenvalue weighted by Crippen LogP contribution is -2.36. The van der Waals surface area contributed by atoms with E-state index >= 15 is 0 Å². The maximum Gasteiger partial charge on any atom is 0.255 e. The van der Waals surface area contributed by atoms with Gasteiger partial charge < -0.3 is 19.9 Å². The average molecular weight is 339 g/mol. The molecule has 6 nitrogen and oxygen atoms in total. The van der Waals surface area contributed by atoms with Gasteiger partial charge in [-0.15, -0.1) is 0 Å². The molecule has 0 saturated carbocycles. The second-order valence-corrected chi connectivity index (χ2v) is 6.10. The van der Waals surface area contributed by atoms with Gasteiger partial charge in [-0.2, -0.15) is 0 Å². The summed E-state index contributed by atoms with van der Waals surface area (Å²) < 4.78 is 5.63. The zero-order valence-electron chi connectivity index (χ0n) is 14.6. The third-order valence-electron chi connectivity index (χ3n) is 4.09. The van der Waals surface area contributed by atoms with Crippen molar-refractivity contribution in [3.05, 3.63) is 48.0 Å². The summed E-state index contributed by atoms with van der Waals surface area (Å²) in [4.78, 5) is 27.8. The number of amides is 2. The SMILES string of the molecule is CC(=O)N1CCOc2cc(NC(=O)c3cccc(N(C)C)c3)ccc21. The van der Waals surface area contributed by atoms with Crippen LogP contribution in [0.4, 0.5) is 17.1 Å². The van der Waals surface area contributed by atoms with Crippen molar-refractivity contribution in [3.8, 4) is 5.75 Å². The molecule has 2 aromatic carbocycles. The number of anilines is 3. The van der Waals surface area contributed by atoms with Crippen LogP contribution >= 0.6 is 0 Å². The molecule has 1 N–H and O–H groups in total. The van der Waals surface area contributed by atoms with Crippen LogP contribution in [0.25, 0.3) is 0 Å². The Morgan fingerprint density at radius 2 is 1.96 bits per heavy atom. The molecule has 2 amide bonds. The lowest BCUT2D eigenvalue weighted by Gasteiger charge is -2.29. The predicted octanol–water partition coefficient (Wildman–Crippen LogP) is 2.75. The van der Waals surface area contributed by atoms with Gasteiger partial charge in [-0.05, 0) is 30.3 Å². The van der Waals surface area contributed by atoms with Gasteiger partial charge in [-0.3, -0.25) is 9.59 Å². The Kier molecular flexibility index (Phi) is 4.61. The Balaban J connectivity index is 1.81. The fraction of sp³-hybridized carbons (Fsp3) is 0.263. The Labute approximate surface area is 147 Å². The van der Waals surface area contributed by atoms with Crippen LogP contribution in [-0.4, -0.2) is 39.1 Å². The third kappa shape index (κ3) is 3.57. The van der Waals surface area contributed by atoms with Crippen LogP contribution in [0, 0.1) is 0 Å². The van der Waals surface area contributed by atoms with E-state index < -0.39 is 0 Å². The molecule has 1 aliphatic heterocycles. The Morgan fingerprint density at radius 3 is 2.68 bits per heavy atom. The summed E-state index contributed by atoms with van der Waals surface area (Å²) in [5, 5.41) is 2.88. The van der Waals surface area contributed by atoms with Gasteiger partial charge in [0.15, 0.2) is 0 Å². The fourth-order valence-electron chi connectivity index (χ4n) is 2.75. The molecule has 0 aromatic heterocycles. The molecule has 1 heterocycles. The highest BCUT2D eigenvalue weighted by atomic mass is 16.5. The summed E-state index contributed by atoms with van der Waals surface area (Å²) in [6.45, 7) is 2.50. The zero-order chi connectivity index (χ0) is 18.0. The summed E-state index contributed by atoms with van der Waals surface area (Å²) in [7, 11) is 3.86. The largest absolute Gasteiger partial charge is 0.489 e. The van der Waals surface area contributed by atoms with Crippen LogP contribution in [0.3, 0.4) is 0 Å². The summed E-state index contributed by atoms with van der Waals surface area (Å²) in [5.41, 5.74) is 2.89. The number of rotatable bonds is 3. The monoisotopic (exact) mass is 339 g/mol. The van der Waals surface area contributed by atoms with Crippen molar-refractivity contribution in [1.82, 2.24) is 0 Å². The standard InChI is InChI=1S/C19H21N3O3/c1-13(23)22-9-10-25-18-12-15(7-8-17(18)22)20-19(24)14-5-4-6-16(11-14)21(2)3/h4-8,11-12H,9-10H2,1-3H3,(H,20,24). The molecule has 0 fully saturated rings. The van der Waals surface area contributed by atoms with Gasteiger partial charge >= 0.3 is 0 Å². The second kappa shape index (κ2) is 6.84. The maximum absolute atomic E-state index is 12.5. The third-order valence-corrected chi connectivity index (χ3v) is 4.09. The van der Waals surface area contributed by atoms with Gasteiger partial charge in [0.05, 0.1) is 12.2 Å². The number of carbonyl (C=O) groups excluding carboxylic acids is 2. The number of ether oxygens (including phenoxy) is 1. The van der Waals surface area contributed by atoms with Gasteiger partial charge in [-0.25, -0.2) is 0 Å². The molecule has 130 valence electrons. The number of nitrogens with zero attached hydrogens (tertiary/aromatic N) is 2. The van der Waals surface area contributed by atoms with Crippen molar-refractivity contribution in [2.75, 3.05) is 42.4 Å². The summed E-state index contributed by atoms with van der Waals surface area (Å²) in [6, 6.07) is 12.7. The van der Waals surface area contributed by atoms with Crippen LogP contribution in [0.15, 0.2) is 42.5 Å². The van der Waals surface area contributed by atoms with Crippen molar-refractivity contribution in [1.29, 1.82) is 0 Å². The highest BCUT2D eigenvalue weighted by Crippen LogP contribution is 2.34. The molecular weight excluding hydrogens is 318 g/mol. The molecule has 25 heavy (non-hydrogen) atoms. The topological polar surface area (TPSA) is 61.9 Å². The van der Waals surface area contributed by atoms with E-state index in [-0.39, 0.29) is 11.8 Å². The van der Waals surface area contributed by atoms with Crippen molar-refractivity contribution in [2.24, 2.45) is 0 Å². The van der Waals surface area contributed by atoms with E-state index in [4.69, 9.17) is 4.74 Å². The maximum atomic E-state index is 12.5. The Morgan fingerprint density at radius 1 is 1.16 bits per heavy atom. The van der Waals surface area contributed by atoms with E-state index in [0.717, 1.165) is 11.4 Å². The predicted molar refractivity (Wildman–Crippen MR) is 98.7 cm³/mol. The van der Waals surface area contributed by atoms with E-state index in [0.29, 0.717) is 30.2 Å². The second-order valence-electron chi connectivity index (χ2n) is 6.10. The van der Waals surface area contributed by atoms with Gasteiger partial charge in [0.1, 0.15) is 12.4 Å². The van der Waals surface area contributed by atoms with Crippen LogP contribution in [-0.2, 0) is 4.79 Å². The van der Waals surface area contributed by atoms with Crippen LogP contribution in [0.5, 0.6) is 5.75 Å². The molecular formula is C19H21N3O3. The van der Waals surface area contributed by atoms with E-state index in [1.807, 2.05) is 37.2 Å². The quantitative estimate of drug-likeness (QED) is 0.934. The molecule has 0 spiro atoms. The number of nitrogens with one attached hydrogen (secondary N) is 1. The summed E-state index contributed by atoms with van der Waals surface area (Å²) in [6.07, 6.45) is 0. The molecule has 3 rings (SSSR count). The molecule has 2 aromatic rings. The first-order chi connectivity index (χ1) is 12.0. The minimum absolute atomic E-state index is 0.0261. The summed E-state index contributed by atoms with van der Waals surface area (Å²) in [5.74, 6) is 0.381. The average Bonchev–Trinajstić information content (AvgIpc) is 2.61. The van der Waals surface area contributed by atoms with Gasteiger partial charge in [0.25, 0.3) is 5.91 Å². The molecule has 6 heteroatoms. The molecule has 0 saturated heterocycles. The number of hydrogen-bond acceptors (Lipinski definition) is 4. The highest BCUT2D eigenvalue weighted by Gasteiger charge is 2.21. The first-order valence-corrected chi connectivity index (χ1v) is 8.09. The molecule has 0 bridgehead atoms. The number of fused-ring (bicyclic) bond motifs is 1. The van der Waals surface area contributed by atoms with Crippen molar-refractivity contribution >= 4 is 28.9 Å². The Bertz CT molecular complexity index is 817. The van der Waals surface area contributed by atoms with E-state index in [2.05, 4.69) is 5.32 Å². The number of hydrogen-bond donors (Lipinski definition) is 1. The van der Waals surface area contributed by atoms with Gasteiger partial charge in [-0.1, -0.05) is 6.07 Å². The first kappa shape index (κ1) is 16.8. The van der Waals surface area contributed by atoms with Crippen LogP contribution < -0.4 is 19.9 Å². The lowest BCUT2D eigenvalue weighted by molar-refractivity contribution is -0.116. The van der Waals surface area contributed by atoms with Gasteiger partial charge in [0, 0.05) is 44.0 Å². The minimum Gasteiger partial charge on any atom is -0.489 e. The highest BCUT2D eigenvalue weighted by molar-refractivity contribution is 6.05. The smallest absolute Gasteiger partial charge is 0.255 e. The van der Waals surface area contributed by atoms with Crippen molar-refractivity contribution in [3.63, 3.8) is 0 Å². The van der Waals surface area contributed by atoms with Crippen molar-refractivity contribution < 1.29 is 14.3 Å². The lowest BCUT2D eigenvalue weighted by atomic mass is 10.1. The summed E-state index contributed by atoms with van der Waals surface area (Å²) >= 11 is 0. The van der Waals surface area contributed by atoms with Crippen LogP contribution in [0.2, 0.25) is 0 Å². The molecule has 1 aliphatic rings. The number of carbonyl (C=O) groups is 2. The normalized spacial score (nSPS) is 12.8. The molecule has 0 radical (unpaired) electrons. The van der Waals surface area contributed by atoms with Crippen molar-refractivity contribution in [2.45, 2.75) is 6.92 Å². The Hall–Kier alpha value is -3.02. The first-order valence-electron chi connectivity index (χ1n) is 8.09.